The Hall–Kier alpha value is -1.88. The number of nitrogen functional groups attached to an aromatic ring is 1. The third-order valence-electron chi connectivity index (χ3n) is 2.70. The van der Waals surface area contributed by atoms with Crippen molar-refractivity contribution in [2.45, 2.75) is 5.75 Å². The van der Waals surface area contributed by atoms with Gasteiger partial charge in [0, 0.05) is 18.4 Å². The Morgan fingerprint density at radius 1 is 1.32 bits per heavy atom. The quantitative estimate of drug-likeness (QED) is 0.853. The van der Waals surface area contributed by atoms with Gasteiger partial charge in [-0.15, -0.1) is 11.8 Å². The van der Waals surface area contributed by atoms with Gasteiger partial charge in [0.25, 0.3) is 0 Å². The number of thioether (sulfide) groups is 1. The molecule has 2 N–H and O–H groups in total. The summed E-state index contributed by atoms with van der Waals surface area (Å²) in [6.07, 6.45) is 1.64. The number of nitrogens with two attached hydrogens (primary N) is 1. The molecule has 0 unspecified atom stereocenters. The largest absolute Gasteiger partial charge is 0.468 e. The second-order valence-electron chi connectivity index (χ2n) is 4.12. The molecule has 0 aliphatic rings. The third-order valence-corrected chi connectivity index (χ3v) is 3.64. The fraction of sp³-hybridized carbons (Fsp3) is 0.214. The molecule has 19 heavy (non-hydrogen) atoms. The van der Waals surface area contributed by atoms with E-state index in [-0.39, 0.29) is 5.91 Å². The van der Waals surface area contributed by atoms with E-state index in [1.807, 2.05) is 24.3 Å². The summed E-state index contributed by atoms with van der Waals surface area (Å²) in [5.74, 6) is 2.06. The molecule has 0 saturated carbocycles. The summed E-state index contributed by atoms with van der Waals surface area (Å²) in [5.41, 5.74) is 7.16. The van der Waals surface area contributed by atoms with Crippen LogP contribution in [-0.2, 0) is 10.5 Å². The highest BCUT2D eigenvalue weighted by atomic mass is 32.2. The van der Waals surface area contributed by atoms with Crippen molar-refractivity contribution in [2.24, 2.45) is 0 Å². The zero-order valence-electron chi connectivity index (χ0n) is 10.7. The summed E-state index contributed by atoms with van der Waals surface area (Å²) >= 11 is 1.54. The van der Waals surface area contributed by atoms with Crippen LogP contribution in [0.5, 0.6) is 0 Å². The molecule has 0 radical (unpaired) electrons. The molecular weight excluding hydrogens is 260 g/mol. The summed E-state index contributed by atoms with van der Waals surface area (Å²) in [5, 5.41) is 0. The molecule has 100 valence electrons. The number of nitrogens with zero attached hydrogens (tertiary/aromatic N) is 1. The van der Waals surface area contributed by atoms with Crippen LogP contribution in [0.25, 0.3) is 0 Å². The van der Waals surface area contributed by atoms with E-state index < -0.39 is 0 Å². The smallest absolute Gasteiger partial charge is 0.236 e. The van der Waals surface area contributed by atoms with Gasteiger partial charge in [-0.1, -0.05) is 0 Å². The van der Waals surface area contributed by atoms with E-state index in [1.54, 1.807) is 30.3 Å². The van der Waals surface area contributed by atoms with Crippen LogP contribution < -0.4 is 10.6 Å². The standard InChI is InChI=1S/C14H16N2O2S/c1-16(12-6-4-11(15)5-7-12)14(17)10-19-9-13-3-2-8-18-13/h2-8H,9-10,15H2,1H3. The molecule has 1 heterocycles. The summed E-state index contributed by atoms with van der Waals surface area (Å²) in [6.45, 7) is 0. The first-order chi connectivity index (χ1) is 9.16. The Morgan fingerprint density at radius 3 is 2.68 bits per heavy atom. The van der Waals surface area contributed by atoms with Crippen molar-refractivity contribution >= 4 is 29.0 Å². The fourth-order valence-corrected chi connectivity index (χ4v) is 2.41. The Morgan fingerprint density at radius 2 is 2.05 bits per heavy atom. The number of hydrogen-bond donors (Lipinski definition) is 1. The molecule has 0 aliphatic carbocycles. The van der Waals surface area contributed by atoms with Crippen LogP contribution in [0, 0.1) is 0 Å². The van der Waals surface area contributed by atoms with Crippen molar-refractivity contribution in [3.8, 4) is 0 Å². The lowest BCUT2D eigenvalue weighted by Gasteiger charge is -2.17. The van der Waals surface area contributed by atoms with E-state index in [0.717, 1.165) is 11.4 Å². The summed E-state index contributed by atoms with van der Waals surface area (Å²) in [4.78, 5) is 13.6. The molecule has 0 aliphatic heterocycles. The number of carbonyl (C=O) groups is 1. The zero-order valence-corrected chi connectivity index (χ0v) is 11.5. The average Bonchev–Trinajstić information content (AvgIpc) is 2.92. The highest BCUT2D eigenvalue weighted by molar-refractivity contribution is 7.99. The van der Waals surface area contributed by atoms with Gasteiger partial charge in [0.15, 0.2) is 0 Å². The van der Waals surface area contributed by atoms with Gasteiger partial charge < -0.3 is 15.1 Å². The van der Waals surface area contributed by atoms with Crippen LogP contribution in [0.15, 0.2) is 47.1 Å². The van der Waals surface area contributed by atoms with Gasteiger partial charge in [-0.25, -0.2) is 0 Å². The van der Waals surface area contributed by atoms with Gasteiger partial charge >= 0.3 is 0 Å². The van der Waals surface area contributed by atoms with Crippen LogP contribution in [0.1, 0.15) is 5.76 Å². The van der Waals surface area contributed by atoms with Gasteiger partial charge in [-0.05, 0) is 36.4 Å². The second-order valence-corrected chi connectivity index (χ2v) is 5.10. The fourth-order valence-electron chi connectivity index (χ4n) is 1.57. The number of rotatable bonds is 5. The Kier molecular flexibility index (Phi) is 4.52. The molecule has 1 amide bonds. The summed E-state index contributed by atoms with van der Waals surface area (Å²) in [6, 6.07) is 11.0. The number of hydrogen-bond acceptors (Lipinski definition) is 4. The molecule has 2 aromatic rings. The molecule has 0 bridgehead atoms. The van der Waals surface area contributed by atoms with Crippen LogP contribution in [0.2, 0.25) is 0 Å². The predicted octanol–water partition coefficient (Wildman–Crippen LogP) is 2.76. The lowest BCUT2D eigenvalue weighted by Crippen LogP contribution is -2.27. The van der Waals surface area contributed by atoms with Crippen molar-refractivity contribution in [1.82, 2.24) is 0 Å². The van der Waals surface area contributed by atoms with Gasteiger partial charge in [0.2, 0.25) is 5.91 Å². The van der Waals surface area contributed by atoms with E-state index in [4.69, 9.17) is 10.2 Å². The van der Waals surface area contributed by atoms with E-state index in [2.05, 4.69) is 0 Å². The van der Waals surface area contributed by atoms with Gasteiger partial charge in [-0.2, -0.15) is 0 Å². The van der Waals surface area contributed by atoms with E-state index in [0.29, 0.717) is 17.2 Å². The van der Waals surface area contributed by atoms with Crippen LogP contribution in [0.4, 0.5) is 11.4 Å². The summed E-state index contributed by atoms with van der Waals surface area (Å²) in [7, 11) is 1.77. The van der Waals surface area contributed by atoms with E-state index in [9.17, 15) is 4.79 Å². The number of carbonyl (C=O) groups excluding carboxylic acids is 1. The molecule has 4 nitrogen and oxygen atoms in total. The molecule has 0 saturated heterocycles. The number of benzene rings is 1. The molecule has 5 heteroatoms. The maximum atomic E-state index is 12.0. The van der Waals surface area contributed by atoms with Crippen molar-refractivity contribution in [1.29, 1.82) is 0 Å². The minimum atomic E-state index is 0.0568. The minimum Gasteiger partial charge on any atom is -0.468 e. The van der Waals surface area contributed by atoms with Crippen molar-refractivity contribution in [2.75, 3.05) is 23.4 Å². The Labute approximate surface area is 116 Å². The molecule has 1 aromatic heterocycles. The van der Waals surface area contributed by atoms with Gasteiger partial charge in [0.05, 0.1) is 17.8 Å². The van der Waals surface area contributed by atoms with Gasteiger partial charge in [-0.3, -0.25) is 4.79 Å². The maximum absolute atomic E-state index is 12.0. The molecular formula is C14H16N2O2S. The zero-order chi connectivity index (χ0) is 13.7. The second kappa shape index (κ2) is 6.33. The first-order valence-electron chi connectivity index (χ1n) is 5.89. The molecule has 1 aromatic carbocycles. The highest BCUT2D eigenvalue weighted by Crippen LogP contribution is 2.17. The first-order valence-corrected chi connectivity index (χ1v) is 7.04. The maximum Gasteiger partial charge on any atom is 0.236 e. The Balaban J connectivity index is 1.83. The Bertz CT molecular complexity index is 523. The minimum absolute atomic E-state index is 0.0568. The number of furan rings is 1. The molecule has 0 spiro atoms. The third kappa shape index (κ3) is 3.79. The number of anilines is 2. The first kappa shape index (κ1) is 13.5. The molecule has 0 atom stereocenters. The topological polar surface area (TPSA) is 59.5 Å². The predicted molar refractivity (Wildman–Crippen MR) is 79.1 cm³/mol. The normalized spacial score (nSPS) is 10.4. The highest BCUT2D eigenvalue weighted by Gasteiger charge is 2.11. The molecule has 0 fully saturated rings. The van der Waals surface area contributed by atoms with Gasteiger partial charge in [0.1, 0.15) is 5.76 Å². The number of amides is 1. The SMILES string of the molecule is CN(C(=O)CSCc1ccco1)c1ccc(N)cc1. The monoisotopic (exact) mass is 276 g/mol. The van der Waals surface area contributed by atoms with Crippen molar-refractivity contribution < 1.29 is 9.21 Å². The lowest BCUT2D eigenvalue weighted by molar-refractivity contribution is -0.115. The van der Waals surface area contributed by atoms with E-state index in [1.165, 1.54) is 11.8 Å². The van der Waals surface area contributed by atoms with Crippen LogP contribution in [-0.4, -0.2) is 18.7 Å². The van der Waals surface area contributed by atoms with E-state index >= 15 is 0 Å². The van der Waals surface area contributed by atoms with Crippen molar-refractivity contribution in [3.63, 3.8) is 0 Å². The average molecular weight is 276 g/mol. The van der Waals surface area contributed by atoms with Crippen molar-refractivity contribution in [3.05, 3.63) is 48.4 Å². The summed E-state index contributed by atoms with van der Waals surface area (Å²) < 4.78 is 5.21. The van der Waals surface area contributed by atoms with Crippen LogP contribution in [0.3, 0.4) is 0 Å². The molecule has 2 rings (SSSR count). The van der Waals surface area contributed by atoms with Crippen LogP contribution >= 0.6 is 11.8 Å². The lowest BCUT2D eigenvalue weighted by atomic mass is 10.2.